The van der Waals surface area contributed by atoms with Crippen LogP contribution in [0.5, 0.6) is 0 Å². The van der Waals surface area contributed by atoms with Crippen LogP contribution in [0.2, 0.25) is 0 Å². The summed E-state index contributed by atoms with van der Waals surface area (Å²) in [6.45, 7) is 2.06. The maximum Gasteiger partial charge on any atom is 0.141 e. The van der Waals surface area contributed by atoms with Gasteiger partial charge in [-0.15, -0.1) is 0 Å². The topological polar surface area (TPSA) is 23.8 Å². The van der Waals surface area contributed by atoms with E-state index >= 15 is 0 Å². The molecule has 0 amide bonds. The van der Waals surface area contributed by atoms with Crippen molar-refractivity contribution < 1.29 is 4.39 Å². The Hall–Kier alpha value is -1.62. The molecular formula is C16H18FN. The number of hydrogen-bond donors (Lipinski definition) is 0. The molecule has 0 heterocycles. The van der Waals surface area contributed by atoms with E-state index in [0.29, 0.717) is 11.8 Å². The first kappa shape index (κ1) is 12.8. The number of nitriles is 1. The van der Waals surface area contributed by atoms with Crippen molar-refractivity contribution in [3.8, 4) is 6.07 Å². The summed E-state index contributed by atoms with van der Waals surface area (Å²) < 4.78 is 13.6. The Labute approximate surface area is 108 Å². The molecule has 0 saturated heterocycles. The molecule has 0 N–H and O–H groups in total. The van der Waals surface area contributed by atoms with Gasteiger partial charge in [0.05, 0.1) is 5.56 Å². The number of hydrogen-bond acceptors (Lipinski definition) is 1. The van der Waals surface area contributed by atoms with Gasteiger partial charge in [0.1, 0.15) is 11.9 Å². The lowest BCUT2D eigenvalue weighted by Gasteiger charge is -2.27. The minimum Gasteiger partial charge on any atom is -0.206 e. The standard InChI is InChI=1S/C16H18FN/c1-2-3-12-4-6-13(7-5-12)14-8-9-15(11-18)16(17)10-14/h2-3,8-10,12-13H,4-7H2,1H3/b3-2-. The van der Waals surface area contributed by atoms with Gasteiger partial charge in [-0.05, 0) is 62.1 Å². The molecule has 1 aromatic carbocycles. The first-order chi connectivity index (χ1) is 8.74. The highest BCUT2D eigenvalue weighted by Gasteiger charge is 2.21. The maximum absolute atomic E-state index is 13.6. The zero-order valence-electron chi connectivity index (χ0n) is 10.7. The van der Waals surface area contributed by atoms with Crippen LogP contribution in [0.25, 0.3) is 0 Å². The molecule has 0 spiro atoms. The SMILES string of the molecule is C/C=C\C1CCC(c2ccc(C#N)c(F)c2)CC1. The van der Waals surface area contributed by atoms with Gasteiger partial charge in [0.25, 0.3) is 0 Å². The lowest BCUT2D eigenvalue weighted by Crippen LogP contribution is -2.12. The van der Waals surface area contributed by atoms with E-state index in [1.165, 1.54) is 12.8 Å². The summed E-state index contributed by atoms with van der Waals surface area (Å²) in [5.74, 6) is 0.758. The van der Waals surface area contributed by atoms with E-state index in [9.17, 15) is 4.39 Å². The van der Waals surface area contributed by atoms with Crippen LogP contribution in [0.15, 0.2) is 30.4 Å². The molecule has 0 radical (unpaired) electrons. The van der Waals surface area contributed by atoms with E-state index < -0.39 is 0 Å². The van der Waals surface area contributed by atoms with Gasteiger partial charge in [-0.1, -0.05) is 18.2 Å². The fourth-order valence-corrected chi connectivity index (χ4v) is 2.79. The Morgan fingerprint density at radius 2 is 2.00 bits per heavy atom. The maximum atomic E-state index is 13.6. The average molecular weight is 243 g/mol. The fraction of sp³-hybridized carbons (Fsp3) is 0.438. The lowest BCUT2D eigenvalue weighted by atomic mass is 9.78. The number of benzene rings is 1. The Bertz CT molecular complexity index is 476. The van der Waals surface area contributed by atoms with Crippen LogP contribution in [0.1, 0.15) is 49.7 Å². The van der Waals surface area contributed by atoms with E-state index in [1.807, 2.05) is 12.1 Å². The normalized spacial score (nSPS) is 24.1. The number of nitrogens with zero attached hydrogens (tertiary/aromatic N) is 1. The van der Waals surface area contributed by atoms with Gasteiger partial charge in [-0.2, -0.15) is 5.26 Å². The quantitative estimate of drug-likeness (QED) is 0.699. The highest BCUT2D eigenvalue weighted by Crippen LogP contribution is 2.36. The van der Waals surface area contributed by atoms with Crippen molar-refractivity contribution in [1.29, 1.82) is 5.26 Å². The molecule has 94 valence electrons. The van der Waals surface area contributed by atoms with Gasteiger partial charge < -0.3 is 0 Å². The molecule has 1 aliphatic rings. The fourth-order valence-electron chi connectivity index (χ4n) is 2.79. The zero-order chi connectivity index (χ0) is 13.0. The Balaban J connectivity index is 2.06. The lowest BCUT2D eigenvalue weighted by molar-refractivity contribution is 0.375. The summed E-state index contributed by atoms with van der Waals surface area (Å²) in [7, 11) is 0. The predicted molar refractivity (Wildman–Crippen MR) is 70.6 cm³/mol. The summed E-state index contributed by atoms with van der Waals surface area (Å²) in [6.07, 6.45) is 8.97. The van der Waals surface area contributed by atoms with Gasteiger partial charge >= 0.3 is 0 Å². The van der Waals surface area contributed by atoms with Crippen molar-refractivity contribution in [2.75, 3.05) is 0 Å². The molecule has 0 bridgehead atoms. The summed E-state index contributed by atoms with van der Waals surface area (Å²) in [4.78, 5) is 0. The molecule has 1 saturated carbocycles. The highest BCUT2D eigenvalue weighted by molar-refractivity contribution is 5.34. The summed E-state index contributed by atoms with van der Waals surface area (Å²) in [5, 5.41) is 8.72. The minimum atomic E-state index is -0.384. The Kier molecular flexibility index (Phi) is 4.15. The van der Waals surface area contributed by atoms with Crippen LogP contribution in [0.3, 0.4) is 0 Å². The summed E-state index contributed by atoms with van der Waals surface area (Å²) in [6, 6.07) is 6.91. The largest absolute Gasteiger partial charge is 0.206 e. The molecule has 1 aromatic rings. The number of rotatable bonds is 2. The molecule has 0 unspecified atom stereocenters. The third-order valence-corrected chi connectivity index (χ3v) is 3.82. The van der Waals surface area contributed by atoms with Crippen molar-refractivity contribution >= 4 is 0 Å². The number of allylic oxidation sites excluding steroid dienone is 2. The van der Waals surface area contributed by atoms with Crippen molar-refractivity contribution in [2.45, 2.75) is 38.5 Å². The molecule has 2 heteroatoms. The second kappa shape index (κ2) is 5.82. The molecule has 0 atom stereocenters. The van der Waals surface area contributed by atoms with Crippen LogP contribution < -0.4 is 0 Å². The minimum absolute atomic E-state index is 0.140. The monoisotopic (exact) mass is 243 g/mol. The van der Waals surface area contributed by atoms with Gasteiger partial charge in [0.2, 0.25) is 0 Å². The van der Waals surface area contributed by atoms with Gasteiger partial charge in [-0.25, -0.2) is 4.39 Å². The third kappa shape index (κ3) is 2.79. The first-order valence-electron chi connectivity index (χ1n) is 6.57. The van der Waals surface area contributed by atoms with Gasteiger partial charge in [-0.3, -0.25) is 0 Å². The van der Waals surface area contributed by atoms with E-state index in [1.54, 1.807) is 12.1 Å². The first-order valence-corrected chi connectivity index (χ1v) is 6.57. The summed E-state index contributed by atoms with van der Waals surface area (Å²) in [5.41, 5.74) is 1.19. The average Bonchev–Trinajstić information content (AvgIpc) is 2.40. The Morgan fingerprint density at radius 1 is 1.28 bits per heavy atom. The second-order valence-electron chi connectivity index (χ2n) is 4.99. The molecule has 1 aliphatic carbocycles. The molecule has 1 nitrogen and oxygen atoms in total. The predicted octanol–water partition coefficient (Wildman–Crippen LogP) is 4.55. The van der Waals surface area contributed by atoms with E-state index in [0.717, 1.165) is 18.4 Å². The van der Waals surface area contributed by atoms with Gasteiger partial charge in [0.15, 0.2) is 0 Å². The second-order valence-corrected chi connectivity index (χ2v) is 4.99. The molecule has 1 fully saturated rings. The molecular weight excluding hydrogens is 225 g/mol. The summed E-state index contributed by atoms with van der Waals surface area (Å²) >= 11 is 0. The third-order valence-electron chi connectivity index (χ3n) is 3.82. The smallest absolute Gasteiger partial charge is 0.141 e. The van der Waals surface area contributed by atoms with E-state index in [-0.39, 0.29) is 11.4 Å². The molecule has 0 aliphatic heterocycles. The van der Waals surface area contributed by atoms with Crippen LogP contribution in [0, 0.1) is 23.1 Å². The van der Waals surface area contributed by atoms with Crippen molar-refractivity contribution in [3.05, 3.63) is 47.3 Å². The number of halogens is 1. The molecule has 18 heavy (non-hydrogen) atoms. The molecule has 0 aromatic heterocycles. The highest BCUT2D eigenvalue weighted by atomic mass is 19.1. The van der Waals surface area contributed by atoms with Crippen LogP contribution in [-0.2, 0) is 0 Å². The van der Waals surface area contributed by atoms with E-state index in [2.05, 4.69) is 19.1 Å². The van der Waals surface area contributed by atoms with Crippen molar-refractivity contribution in [2.24, 2.45) is 5.92 Å². The zero-order valence-corrected chi connectivity index (χ0v) is 10.7. The van der Waals surface area contributed by atoms with Crippen molar-refractivity contribution in [1.82, 2.24) is 0 Å². The van der Waals surface area contributed by atoms with Crippen molar-refractivity contribution in [3.63, 3.8) is 0 Å². The van der Waals surface area contributed by atoms with Crippen LogP contribution in [-0.4, -0.2) is 0 Å². The van der Waals surface area contributed by atoms with Gasteiger partial charge in [0, 0.05) is 0 Å². The molecule has 2 rings (SSSR count). The van der Waals surface area contributed by atoms with Crippen LogP contribution >= 0.6 is 0 Å². The Morgan fingerprint density at radius 3 is 2.56 bits per heavy atom. The van der Waals surface area contributed by atoms with Crippen LogP contribution in [0.4, 0.5) is 4.39 Å². The van der Waals surface area contributed by atoms with E-state index in [4.69, 9.17) is 5.26 Å².